The number of halogens is 3. The van der Waals surface area contributed by atoms with Crippen LogP contribution in [0.15, 0.2) is 48.5 Å². The molecule has 0 saturated carbocycles. The lowest BCUT2D eigenvalue weighted by molar-refractivity contribution is -0.137. The van der Waals surface area contributed by atoms with Crippen LogP contribution in [0.5, 0.6) is 0 Å². The Labute approximate surface area is 120 Å². The maximum Gasteiger partial charge on any atom is 0.417 e. The summed E-state index contributed by atoms with van der Waals surface area (Å²) in [4.78, 5) is 11.5. The SMILES string of the molecule is CCOC(=O)c1ccc(-c2ccccc2C(F)(F)F)cc1. The lowest BCUT2D eigenvalue weighted by Crippen LogP contribution is -2.07. The molecule has 0 N–H and O–H groups in total. The third kappa shape index (κ3) is 3.42. The standard InChI is InChI=1S/C16H13F3O2/c1-2-21-15(20)12-9-7-11(8-10-12)13-5-3-4-6-14(13)16(17,18)19/h3-10H,2H2,1H3. The molecule has 0 heterocycles. The summed E-state index contributed by atoms with van der Waals surface area (Å²) in [7, 11) is 0. The molecule has 0 amide bonds. The maximum absolute atomic E-state index is 13.0. The van der Waals surface area contributed by atoms with Crippen molar-refractivity contribution in [3.05, 3.63) is 59.7 Å². The summed E-state index contributed by atoms with van der Waals surface area (Å²) in [6.07, 6.45) is -4.42. The monoisotopic (exact) mass is 294 g/mol. The normalized spacial score (nSPS) is 11.2. The first-order chi connectivity index (χ1) is 9.93. The molecule has 0 aliphatic carbocycles. The van der Waals surface area contributed by atoms with Crippen molar-refractivity contribution in [3.8, 4) is 11.1 Å². The van der Waals surface area contributed by atoms with E-state index in [1.54, 1.807) is 13.0 Å². The Morgan fingerprint density at radius 3 is 2.24 bits per heavy atom. The number of hydrogen-bond acceptors (Lipinski definition) is 2. The topological polar surface area (TPSA) is 26.3 Å². The van der Waals surface area contributed by atoms with Crippen molar-refractivity contribution in [2.45, 2.75) is 13.1 Å². The zero-order valence-electron chi connectivity index (χ0n) is 11.3. The molecule has 0 radical (unpaired) electrons. The number of rotatable bonds is 3. The number of carbonyl (C=O) groups is 1. The minimum atomic E-state index is -4.42. The van der Waals surface area contributed by atoms with E-state index in [4.69, 9.17) is 4.74 Å². The number of esters is 1. The Balaban J connectivity index is 2.38. The molecule has 0 bridgehead atoms. The van der Waals surface area contributed by atoms with E-state index in [1.807, 2.05) is 0 Å². The zero-order valence-corrected chi connectivity index (χ0v) is 11.3. The molecular weight excluding hydrogens is 281 g/mol. The summed E-state index contributed by atoms with van der Waals surface area (Å²) in [5.41, 5.74) is 0.0929. The molecule has 0 saturated heterocycles. The van der Waals surface area contributed by atoms with Crippen LogP contribution in [-0.2, 0) is 10.9 Å². The van der Waals surface area contributed by atoms with Gasteiger partial charge in [0.25, 0.3) is 0 Å². The highest BCUT2D eigenvalue weighted by Gasteiger charge is 2.33. The summed E-state index contributed by atoms with van der Waals surface area (Å²) < 4.78 is 43.7. The molecule has 0 aromatic heterocycles. The lowest BCUT2D eigenvalue weighted by atomic mass is 9.98. The molecule has 0 unspecified atom stereocenters. The van der Waals surface area contributed by atoms with Gasteiger partial charge in [-0.1, -0.05) is 30.3 Å². The maximum atomic E-state index is 13.0. The predicted octanol–water partition coefficient (Wildman–Crippen LogP) is 4.55. The molecule has 2 rings (SSSR count). The molecule has 2 aromatic rings. The highest BCUT2D eigenvalue weighted by molar-refractivity contribution is 5.90. The molecule has 110 valence electrons. The van der Waals surface area contributed by atoms with Crippen LogP contribution in [0.25, 0.3) is 11.1 Å². The van der Waals surface area contributed by atoms with Crippen LogP contribution in [0.1, 0.15) is 22.8 Å². The molecule has 5 heteroatoms. The molecule has 0 atom stereocenters. The van der Waals surface area contributed by atoms with Crippen LogP contribution < -0.4 is 0 Å². The highest BCUT2D eigenvalue weighted by Crippen LogP contribution is 2.36. The highest BCUT2D eigenvalue weighted by atomic mass is 19.4. The second kappa shape index (κ2) is 5.99. The first-order valence-electron chi connectivity index (χ1n) is 6.37. The second-order valence-electron chi connectivity index (χ2n) is 4.34. The Kier molecular flexibility index (Phi) is 4.31. The molecule has 0 aliphatic rings. The molecule has 0 fully saturated rings. The second-order valence-corrected chi connectivity index (χ2v) is 4.34. The third-order valence-electron chi connectivity index (χ3n) is 2.94. The van der Waals surface area contributed by atoms with Gasteiger partial charge in [0.2, 0.25) is 0 Å². The molecule has 0 spiro atoms. The number of benzene rings is 2. The average Bonchev–Trinajstić information content (AvgIpc) is 2.47. The van der Waals surface area contributed by atoms with E-state index in [0.29, 0.717) is 11.1 Å². The van der Waals surface area contributed by atoms with Gasteiger partial charge >= 0.3 is 12.1 Å². The Morgan fingerprint density at radius 2 is 1.67 bits per heavy atom. The summed E-state index contributed by atoms with van der Waals surface area (Å²) in [5, 5.41) is 0. The summed E-state index contributed by atoms with van der Waals surface area (Å²) in [6.45, 7) is 1.93. The van der Waals surface area contributed by atoms with Crippen molar-refractivity contribution in [2.75, 3.05) is 6.61 Å². The van der Waals surface area contributed by atoms with E-state index in [-0.39, 0.29) is 12.2 Å². The van der Waals surface area contributed by atoms with Crippen LogP contribution in [0, 0.1) is 0 Å². The molecule has 2 aromatic carbocycles. The molecule has 0 aliphatic heterocycles. The number of ether oxygens (including phenoxy) is 1. The lowest BCUT2D eigenvalue weighted by Gasteiger charge is -2.13. The quantitative estimate of drug-likeness (QED) is 0.776. The fourth-order valence-corrected chi connectivity index (χ4v) is 1.98. The molecular formula is C16H13F3O2. The largest absolute Gasteiger partial charge is 0.462 e. The van der Waals surface area contributed by atoms with Gasteiger partial charge in [-0.2, -0.15) is 13.2 Å². The number of hydrogen-bond donors (Lipinski definition) is 0. The first kappa shape index (κ1) is 15.1. The minimum absolute atomic E-state index is 0.0837. The van der Waals surface area contributed by atoms with E-state index in [1.165, 1.54) is 36.4 Å². The van der Waals surface area contributed by atoms with Crippen LogP contribution >= 0.6 is 0 Å². The van der Waals surface area contributed by atoms with Crippen molar-refractivity contribution in [1.29, 1.82) is 0 Å². The Bertz CT molecular complexity index is 631. The van der Waals surface area contributed by atoms with Gasteiger partial charge in [-0.25, -0.2) is 4.79 Å². The van der Waals surface area contributed by atoms with Gasteiger partial charge in [-0.3, -0.25) is 0 Å². The summed E-state index contributed by atoms with van der Waals surface area (Å²) >= 11 is 0. The average molecular weight is 294 g/mol. The van der Waals surface area contributed by atoms with Crippen molar-refractivity contribution in [2.24, 2.45) is 0 Å². The molecule has 2 nitrogen and oxygen atoms in total. The van der Waals surface area contributed by atoms with E-state index in [9.17, 15) is 18.0 Å². The van der Waals surface area contributed by atoms with Gasteiger partial charge in [0, 0.05) is 0 Å². The van der Waals surface area contributed by atoms with E-state index >= 15 is 0 Å². The van der Waals surface area contributed by atoms with Crippen molar-refractivity contribution < 1.29 is 22.7 Å². The van der Waals surface area contributed by atoms with Gasteiger partial charge in [-0.05, 0) is 36.2 Å². The predicted molar refractivity (Wildman–Crippen MR) is 72.8 cm³/mol. The molecule has 21 heavy (non-hydrogen) atoms. The fourth-order valence-electron chi connectivity index (χ4n) is 1.98. The minimum Gasteiger partial charge on any atom is -0.462 e. The van der Waals surface area contributed by atoms with Crippen LogP contribution in [-0.4, -0.2) is 12.6 Å². The smallest absolute Gasteiger partial charge is 0.417 e. The van der Waals surface area contributed by atoms with Crippen LogP contribution in [0.4, 0.5) is 13.2 Å². The van der Waals surface area contributed by atoms with Crippen LogP contribution in [0.3, 0.4) is 0 Å². The van der Waals surface area contributed by atoms with Crippen molar-refractivity contribution in [3.63, 3.8) is 0 Å². The Morgan fingerprint density at radius 1 is 1.05 bits per heavy atom. The van der Waals surface area contributed by atoms with E-state index in [0.717, 1.165) is 6.07 Å². The van der Waals surface area contributed by atoms with Gasteiger partial charge in [0.1, 0.15) is 0 Å². The van der Waals surface area contributed by atoms with Crippen LogP contribution in [0.2, 0.25) is 0 Å². The number of carbonyl (C=O) groups excluding carboxylic acids is 1. The van der Waals surface area contributed by atoms with Crippen molar-refractivity contribution in [1.82, 2.24) is 0 Å². The third-order valence-corrected chi connectivity index (χ3v) is 2.94. The summed E-state index contributed by atoms with van der Waals surface area (Å²) in [6, 6.07) is 11.2. The number of alkyl halides is 3. The van der Waals surface area contributed by atoms with Gasteiger partial charge in [0.05, 0.1) is 17.7 Å². The van der Waals surface area contributed by atoms with Gasteiger partial charge < -0.3 is 4.74 Å². The van der Waals surface area contributed by atoms with E-state index < -0.39 is 17.7 Å². The first-order valence-corrected chi connectivity index (χ1v) is 6.37. The summed E-state index contributed by atoms with van der Waals surface area (Å²) in [5.74, 6) is -0.492. The van der Waals surface area contributed by atoms with E-state index in [2.05, 4.69) is 0 Å². The van der Waals surface area contributed by atoms with Gasteiger partial charge in [0.15, 0.2) is 0 Å². The Hall–Kier alpha value is -2.30. The van der Waals surface area contributed by atoms with Crippen molar-refractivity contribution >= 4 is 5.97 Å². The fraction of sp³-hybridized carbons (Fsp3) is 0.188. The zero-order chi connectivity index (χ0) is 15.5. The van der Waals surface area contributed by atoms with Gasteiger partial charge in [-0.15, -0.1) is 0 Å².